The first-order valence-electron chi connectivity index (χ1n) is 7.63. The van der Waals surface area contributed by atoms with Gasteiger partial charge in [0.25, 0.3) is 0 Å². The van der Waals surface area contributed by atoms with Gasteiger partial charge in [0.1, 0.15) is 6.04 Å². The molecule has 3 unspecified atom stereocenters. The number of carbonyl (C=O) groups excluding carboxylic acids is 2. The number of carbonyl (C=O) groups is 3. The molecule has 0 saturated heterocycles. The van der Waals surface area contributed by atoms with Crippen LogP contribution in [0.3, 0.4) is 0 Å². The highest BCUT2D eigenvalue weighted by Gasteiger charge is 2.36. The molecule has 0 spiro atoms. The lowest BCUT2D eigenvalue weighted by atomic mass is 9.78. The molecule has 21 heavy (non-hydrogen) atoms. The third-order valence-electron chi connectivity index (χ3n) is 3.86. The van der Waals surface area contributed by atoms with Crippen molar-refractivity contribution in [3.05, 3.63) is 0 Å². The van der Waals surface area contributed by atoms with Crippen molar-refractivity contribution in [2.75, 3.05) is 6.54 Å². The molecule has 3 atom stereocenters. The normalized spacial score (nSPS) is 23.4. The maximum atomic E-state index is 12.2. The van der Waals surface area contributed by atoms with Gasteiger partial charge < -0.3 is 15.7 Å². The van der Waals surface area contributed by atoms with Crippen LogP contribution in [-0.2, 0) is 14.4 Å². The Hall–Kier alpha value is -1.59. The summed E-state index contributed by atoms with van der Waals surface area (Å²) in [5.74, 6) is -2.31. The van der Waals surface area contributed by atoms with Crippen molar-refractivity contribution in [1.82, 2.24) is 10.6 Å². The van der Waals surface area contributed by atoms with Gasteiger partial charge in [0.2, 0.25) is 11.8 Å². The molecule has 0 heterocycles. The maximum absolute atomic E-state index is 12.2. The standard InChI is InChI=1S/C15H26N2O4/c1-9(2)8-16-13(18)10(3)17-14(19)11-6-4-5-7-12(11)15(20)21/h9-12H,4-8H2,1-3H3,(H,16,18)(H,17,19)(H,20,21). The summed E-state index contributed by atoms with van der Waals surface area (Å²) in [4.78, 5) is 35.3. The van der Waals surface area contributed by atoms with Crippen LogP contribution in [0.25, 0.3) is 0 Å². The Labute approximate surface area is 125 Å². The van der Waals surface area contributed by atoms with E-state index in [0.717, 1.165) is 12.8 Å². The van der Waals surface area contributed by atoms with Crippen LogP contribution in [0.15, 0.2) is 0 Å². The summed E-state index contributed by atoms with van der Waals surface area (Å²) in [6, 6.07) is -0.646. The highest BCUT2D eigenvalue weighted by atomic mass is 16.4. The molecule has 0 bridgehead atoms. The average Bonchev–Trinajstić information content (AvgIpc) is 2.44. The van der Waals surface area contributed by atoms with Gasteiger partial charge in [0.05, 0.1) is 11.8 Å². The predicted molar refractivity (Wildman–Crippen MR) is 78.5 cm³/mol. The Bertz CT molecular complexity index is 395. The van der Waals surface area contributed by atoms with Gasteiger partial charge in [0, 0.05) is 6.54 Å². The Kier molecular flexibility index (Phi) is 6.65. The Balaban J connectivity index is 2.54. The van der Waals surface area contributed by atoms with Crippen molar-refractivity contribution >= 4 is 17.8 Å². The molecule has 120 valence electrons. The van der Waals surface area contributed by atoms with Crippen LogP contribution in [0, 0.1) is 17.8 Å². The Morgan fingerprint density at radius 2 is 1.67 bits per heavy atom. The molecule has 6 heteroatoms. The van der Waals surface area contributed by atoms with E-state index in [4.69, 9.17) is 0 Å². The Morgan fingerprint density at radius 3 is 2.19 bits per heavy atom. The summed E-state index contributed by atoms with van der Waals surface area (Å²) in [7, 11) is 0. The first-order chi connectivity index (χ1) is 9.82. The topological polar surface area (TPSA) is 95.5 Å². The molecular weight excluding hydrogens is 272 g/mol. The number of amides is 2. The summed E-state index contributed by atoms with van der Waals surface area (Å²) in [5.41, 5.74) is 0. The monoisotopic (exact) mass is 298 g/mol. The van der Waals surface area contributed by atoms with Crippen LogP contribution in [0.5, 0.6) is 0 Å². The molecule has 1 rings (SSSR count). The molecule has 0 radical (unpaired) electrons. The van der Waals surface area contributed by atoms with Crippen molar-refractivity contribution in [2.24, 2.45) is 17.8 Å². The number of carboxylic acids is 1. The lowest BCUT2D eigenvalue weighted by Crippen LogP contribution is -2.49. The molecule has 1 aliphatic rings. The number of rotatable bonds is 6. The van der Waals surface area contributed by atoms with Gasteiger partial charge in [-0.3, -0.25) is 14.4 Å². The predicted octanol–water partition coefficient (Wildman–Crippen LogP) is 1.15. The van der Waals surface area contributed by atoms with Crippen molar-refractivity contribution in [3.8, 4) is 0 Å². The molecule has 1 fully saturated rings. The zero-order valence-electron chi connectivity index (χ0n) is 13.0. The van der Waals surface area contributed by atoms with Crippen LogP contribution >= 0.6 is 0 Å². The van der Waals surface area contributed by atoms with E-state index in [-0.39, 0.29) is 11.8 Å². The first kappa shape index (κ1) is 17.5. The van der Waals surface area contributed by atoms with E-state index in [1.165, 1.54) is 0 Å². The van der Waals surface area contributed by atoms with Gasteiger partial charge in [-0.05, 0) is 25.7 Å². The van der Waals surface area contributed by atoms with Crippen LogP contribution in [0.4, 0.5) is 0 Å². The van der Waals surface area contributed by atoms with Gasteiger partial charge in [0.15, 0.2) is 0 Å². The molecular formula is C15H26N2O4. The van der Waals surface area contributed by atoms with Gasteiger partial charge in [-0.25, -0.2) is 0 Å². The number of hydrogen-bond donors (Lipinski definition) is 3. The van der Waals surface area contributed by atoms with Crippen LogP contribution in [0.2, 0.25) is 0 Å². The summed E-state index contributed by atoms with van der Waals surface area (Å²) >= 11 is 0. The quantitative estimate of drug-likeness (QED) is 0.685. The summed E-state index contributed by atoms with van der Waals surface area (Å²) < 4.78 is 0. The van der Waals surface area contributed by atoms with E-state index in [9.17, 15) is 19.5 Å². The molecule has 0 aromatic carbocycles. The van der Waals surface area contributed by atoms with Crippen LogP contribution in [-0.4, -0.2) is 35.5 Å². The SMILES string of the molecule is CC(C)CNC(=O)C(C)NC(=O)C1CCCCC1C(=O)O. The molecule has 6 nitrogen and oxygen atoms in total. The molecule has 1 saturated carbocycles. The average molecular weight is 298 g/mol. The fourth-order valence-corrected chi connectivity index (χ4v) is 2.58. The van der Waals surface area contributed by atoms with Crippen LogP contribution in [0.1, 0.15) is 46.5 Å². The lowest BCUT2D eigenvalue weighted by Gasteiger charge is -2.28. The highest BCUT2D eigenvalue weighted by molar-refractivity contribution is 5.90. The van der Waals surface area contributed by atoms with Crippen molar-refractivity contribution in [1.29, 1.82) is 0 Å². The molecule has 0 aliphatic heterocycles. The van der Waals surface area contributed by atoms with Gasteiger partial charge in [-0.2, -0.15) is 0 Å². The second-order valence-electron chi connectivity index (χ2n) is 6.20. The fourth-order valence-electron chi connectivity index (χ4n) is 2.58. The fraction of sp³-hybridized carbons (Fsp3) is 0.800. The van der Waals surface area contributed by atoms with E-state index in [1.54, 1.807) is 6.92 Å². The molecule has 1 aliphatic carbocycles. The Morgan fingerprint density at radius 1 is 1.10 bits per heavy atom. The smallest absolute Gasteiger partial charge is 0.307 e. The van der Waals surface area contributed by atoms with Crippen molar-refractivity contribution in [2.45, 2.75) is 52.5 Å². The number of carboxylic acid groups (broad SMARTS) is 1. The zero-order chi connectivity index (χ0) is 16.0. The molecule has 0 aromatic rings. The van der Waals surface area contributed by atoms with Crippen LogP contribution < -0.4 is 10.6 Å². The van der Waals surface area contributed by atoms with E-state index < -0.39 is 23.8 Å². The minimum Gasteiger partial charge on any atom is -0.481 e. The molecule has 3 N–H and O–H groups in total. The second-order valence-corrected chi connectivity index (χ2v) is 6.20. The summed E-state index contributed by atoms with van der Waals surface area (Å²) in [6.45, 7) is 6.15. The number of nitrogens with one attached hydrogen (secondary N) is 2. The van der Waals surface area contributed by atoms with Gasteiger partial charge >= 0.3 is 5.97 Å². The van der Waals surface area contributed by atoms with Gasteiger partial charge in [-0.1, -0.05) is 26.7 Å². The third-order valence-corrected chi connectivity index (χ3v) is 3.86. The van der Waals surface area contributed by atoms with Crippen molar-refractivity contribution in [3.63, 3.8) is 0 Å². The minimum atomic E-state index is -0.924. The zero-order valence-corrected chi connectivity index (χ0v) is 13.0. The third kappa shape index (κ3) is 5.36. The lowest BCUT2D eigenvalue weighted by molar-refractivity contribution is -0.149. The number of aliphatic carboxylic acids is 1. The molecule has 2 amide bonds. The molecule has 0 aromatic heterocycles. The first-order valence-corrected chi connectivity index (χ1v) is 7.63. The summed E-state index contributed by atoms with van der Waals surface area (Å²) in [5, 5.41) is 14.6. The van der Waals surface area contributed by atoms with E-state index >= 15 is 0 Å². The van der Waals surface area contributed by atoms with E-state index in [0.29, 0.717) is 25.3 Å². The van der Waals surface area contributed by atoms with E-state index in [1.807, 2.05) is 13.8 Å². The second kappa shape index (κ2) is 8.00. The van der Waals surface area contributed by atoms with Crippen molar-refractivity contribution < 1.29 is 19.5 Å². The highest BCUT2D eigenvalue weighted by Crippen LogP contribution is 2.30. The van der Waals surface area contributed by atoms with E-state index in [2.05, 4.69) is 10.6 Å². The minimum absolute atomic E-state index is 0.236. The summed E-state index contributed by atoms with van der Waals surface area (Å²) in [6.07, 6.45) is 2.80. The largest absolute Gasteiger partial charge is 0.481 e. The number of hydrogen-bond acceptors (Lipinski definition) is 3. The maximum Gasteiger partial charge on any atom is 0.307 e. The van der Waals surface area contributed by atoms with Gasteiger partial charge in [-0.15, -0.1) is 0 Å².